The summed E-state index contributed by atoms with van der Waals surface area (Å²) >= 11 is 0. The first kappa shape index (κ1) is 7.79. The number of carboxylic acids is 1. The van der Waals surface area contributed by atoms with Gasteiger partial charge in [0.2, 0.25) is 0 Å². The van der Waals surface area contributed by atoms with Crippen LogP contribution in [0.25, 0.3) is 0 Å². The molecule has 2 nitrogen and oxygen atoms in total. The van der Waals surface area contributed by atoms with Gasteiger partial charge >= 0.3 is 5.97 Å². The summed E-state index contributed by atoms with van der Waals surface area (Å²) in [4.78, 5) is 10.8. The molecule has 1 aliphatic carbocycles. The molecule has 0 unspecified atom stereocenters. The molecule has 0 spiro atoms. The summed E-state index contributed by atoms with van der Waals surface area (Å²) in [5.74, 6) is -0.563. The molecule has 0 aromatic heterocycles. The van der Waals surface area contributed by atoms with E-state index in [0.717, 1.165) is 12.8 Å². The van der Waals surface area contributed by atoms with E-state index in [2.05, 4.69) is 19.6 Å². The zero-order valence-corrected chi connectivity index (χ0v) is 7.77. The Labute approximate surface area is 62.3 Å². The zero-order chi connectivity index (χ0) is 7.99. The normalized spacial score (nSPS) is 22.3. The van der Waals surface area contributed by atoms with Crippen molar-refractivity contribution in [3.8, 4) is 0 Å². The predicted molar refractivity (Wildman–Crippen MR) is 42.9 cm³/mol. The summed E-state index contributed by atoms with van der Waals surface area (Å²) in [6, 6.07) is 0. The molecule has 1 fully saturated rings. The molecule has 0 heterocycles. The van der Waals surface area contributed by atoms with Crippen molar-refractivity contribution in [2.24, 2.45) is 0 Å². The Bertz CT molecular complexity index is 165. The van der Waals surface area contributed by atoms with Gasteiger partial charge in [0.25, 0.3) is 0 Å². The standard InChI is InChI=1S/C7H14O2Si/c1-10(2,3)7(4-5-7)6(8)9/h4-5H2,1-3H3,(H,8,9). The Morgan fingerprint density at radius 2 is 1.80 bits per heavy atom. The minimum absolute atomic E-state index is 0.257. The molecule has 1 N–H and O–H groups in total. The highest BCUT2D eigenvalue weighted by molar-refractivity contribution is 6.83. The van der Waals surface area contributed by atoms with Gasteiger partial charge in [-0.1, -0.05) is 19.6 Å². The molecule has 0 bridgehead atoms. The lowest BCUT2D eigenvalue weighted by Gasteiger charge is -2.23. The van der Waals surface area contributed by atoms with Crippen LogP contribution in [0.2, 0.25) is 24.7 Å². The Kier molecular flexibility index (Phi) is 1.44. The molecule has 0 aliphatic heterocycles. The number of aliphatic carboxylic acids is 1. The Hall–Kier alpha value is -0.313. The Morgan fingerprint density at radius 1 is 1.40 bits per heavy atom. The van der Waals surface area contributed by atoms with Crippen molar-refractivity contribution < 1.29 is 9.90 Å². The highest BCUT2D eigenvalue weighted by Crippen LogP contribution is 2.60. The van der Waals surface area contributed by atoms with Gasteiger partial charge in [-0.2, -0.15) is 0 Å². The van der Waals surface area contributed by atoms with Crippen LogP contribution in [0.1, 0.15) is 12.8 Å². The topological polar surface area (TPSA) is 37.3 Å². The lowest BCUT2D eigenvalue weighted by molar-refractivity contribution is -0.138. The second-order valence-electron chi connectivity index (χ2n) is 4.14. The molecule has 58 valence electrons. The molecule has 0 atom stereocenters. The van der Waals surface area contributed by atoms with Crippen molar-refractivity contribution in [1.29, 1.82) is 0 Å². The van der Waals surface area contributed by atoms with Gasteiger partial charge in [0, 0.05) is 0 Å². The second-order valence-corrected chi connectivity index (χ2v) is 9.59. The summed E-state index contributed by atoms with van der Waals surface area (Å²) < 4.78 is 0. The average molecular weight is 158 g/mol. The Morgan fingerprint density at radius 3 is 1.80 bits per heavy atom. The predicted octanol–water partition coefficient (Wildman–Crippen LogP) is 1.94. The van der Waals surface area contributed by atoms with Crippen LogP contribution in [0.3, 0.4) is 0 Å². The summed E-state index contributed by atoms with van der Waals surface area (Å²) in [5, 5.41) is 8.62. The molecule has 1 saturated carbocycles. The van der Waals surface area contributed by atoms with Gasteiger partial charge in [-0.15, -0.1) is 0 Å². The second kappa shape index (κ2) is 1.84. The highest BCUT2D eigenvalue weighted by Gasteiger charge is 2.59. The fourth-order valence-electron chi connectivity index (χ4n) is 1.41. The maximum atomic E-state index is 10.8. The van der Waals surface area contributed by atoms with Gasteiger partial charge in [-0.3, -0.25) is 4.79 Å². The first-order valence-electron chi connectivity index (χ1n) is 3.63. The molecule has 10 heavy (non-hydrogen) atoms. The Balaban J connectivity index is 2.80. The first-order chi connectivity index (χ1) is 4.40. The average Bonchev–Trinajstić information content (AvgIpc) is 2.36. The molecule has 0 amide bonds. The SMILES string of the molecule is C[Si](C)(C)C1(C(=O)O)CC1. The van der Waals surface area contributed by atoms with Crippen molar-refractivity contribution in [1.82, 2.24) is 0 Å². The van der Waals surface area contributed by atoms with Gasteiger partial charge in [0.1, 0.15) is 0 Å². The zero-order valence-electron chi connectivity index (χ0n) is 6.77. The van der Waals surface area contributed by atoms with Crippen LogP contribution in [0.5, 0.6) is 0 Å². The van der Waals surface area contributed by atoms with E-state index in [4.69, 9.17) is 5.11 Å². The van der Waals surface area contributed by atoms with Crippen molar-refractivity contribution in [2.45, 2.75) is 37.5 Å². The van der Waals surface area contributed by atoms with Crippen LogP contribution in [0.15, 0.2) is 0 Å². The van der Waals surface area contributed by atoms with E-state index < -0.39 is 14.0 Å². The minimum Gasteiger partial charge on any atom is -0.481 e. The number of carboxylic acid groups (broad SMARTS) is 1. The summed E-state index contributed by atoms with van der Waals surface area (Å²) in [6.45, 7) is 6.40. The molecular formula is C7H14O2Si. The van der Waals surface area contributed by atoms with Crippen LogP contribution >= 0.6 is 0 Å². The molecule has 3 heteroatoms. The molecule has 0 aromatic rings. The van der Waals surface area contributed by atoms with Crippen molar-refractivity contribution in [3.05, 3.63) is 0 Å². The lowest BCUT2D eigenvalue weighted by Crippen LogP contribution is -2.35. The third-order valence-corrected chi connectivity index (χ3v) is 6.18. The van der Waals surface area contributed by atoms with Gasteiger partial charge in [0.05, 0.1) is 13.1 Å². The molecule has 0 radical (unpaired) electrons. The fourth-order valence-corrected chi connectivity index (χ4v) is 3.68. The summed E-state index contributed by atoms with van der Waals surface area (Å²) in [5.41, 5.74) is 0. The summed E-state index contributed by atoms with van der Waals surface area (Å²) in [7, 11) is -1.44. The van der Waals surface area contributed by atoms with E-state index in [9.17, 15) is 4.79 Å². The first-order valence-corrected chi connectivity index (χ1v) is 7.13. The quantitative estimate of drug-likeness (QED) is 0.624. The van der Waals surface area contributed by atoms with E-state index in [0.29, 0.717) is 0 Å². The van der Waals surface area contributed by atoms with E-state index in [1.165, 1.54) is 0 Å². The lowest BCUT2D eigenvalue weighted by atomic mass is 10.4. The third kappa shape index (κ3) is 0.887. The third-order valence-electron chi connectivity index (χ3n) is 2.60. The number of carbonyl (C=O) groups is 1. The number of rotatable bonds is 2. The largest absolute Gasteiger partial charge is 0.481 e. The van der Waals surface area contributed by atoms with E-state index in [1.807, 2.05) is 0 Å². The molecule has 1 aliphatic rings. The molecule has 1 rings (SSSR count). The molecule has 0 saturated heterocycles. The van der Waals surface area contributed by atoms with E-state index in [-0.39, 0.29) is 5.04 Å². The summed E-state index contributed by atoms with van der Waals surface area (Å²) in [6.07, 6.45) is 1.83. The van der Waals surface area contributed by atoms with Crippen molar-refractivity contribution in [3.63, 3.8) is 0 Å². The van der Waals surface area contributed by atoms with Crippen LogP contribution in [0.4, 0.5) is 0 Å². The van der Waals surface area contributed by atoms with E-state index in [1.54, 1.807) is 0 Å². The van der Waals surface area contributed by atoms with Crippen molar-refractivity contribution >= 4 is 14.0 Å². The smallest absolute Gasteiger partial charge is 0.306 e. The van der Waals surface area contributed by atoms with Crippen molar-refractivity contribution in [2.75, 3.05) is 0 Å². The van der Waals surface area contributed by atoms with Crippen LogP contribution < -0.4 is 0 Å². The van der Waals surface area contributed by atoms with Gasteiger partial charge in [-0.25, -0.2) is 0 Å². The maximum absolute atomic E-state index is 10.8. The van der Waals surface area contributed by atoms with Gasteiger partial charge in [0.15, 0.2) is 0 Å². The number of hydrogen-bond donors (Lipinski definition) is 1. The maximum Gasteiger partial charge on any atom is 0.306 e. The fraction of sp³-hybridized carbons (Fsp3) is 0.857. The van der Waals surface area contributed by atoms with Gasteiger partial charge < -0.3 is 5.11 Å². The van der Waals surface area contributed by atoms with Crippen LogP contribution in [-0.2, 0) is 4.79 Å². The van der Waals surface area contributed by atoms with Crippen LogP contribution in [-0.4, -0.2) is 19.1 Å². The van der Waals surface area contributed by atoms with E-state index >= 15 is 0 Å². The highest BCUT2D eigenvalue weighted by atomic mass is 28.3. The number of hydrogen-bond acceptors (Lipinski definition) is 1. The molecule has 0 aromatic carbocycles. The van der Waals surface area contributed by atoms with Gasteiger partial charge in [-0.05, 0) is 12.8 Å². The van der Waals surface area contributed by atoms with Crippen LogP contribution in [0, 0.1) is 0 Å². The monoisotopic (exact) mass is 158 g/mol. The minimum atomic E-state index is -1.44. The molecular weight excluding hydrogens is 144 g/mol.